The van der Waals surface area contributed by atoms with Crippen molar-refractivity contribution in [2.75, 3.05) is 26.9 Å². The molecule has 3 nitrogen and oxygen atoms in total. The molecule has 13 heavy (non-hydrogen) atoms. The van der Waals surface area contributed by atoms with Gasteiger partial charge in [0.2, 0.25) is 0 Å². The maximum Gasteiger partial charge on any atom is 0.108 e. The minimum absolute atomic E-state index is 0.293. The molecule has 0 saturated heterocycles. The van der Waals surface area contributed by atoms with Crippen LogP contribution in [0, 0.1) is 0 Å². The van der Waals surface area contributed by atoms with Crippen molar-refractivity contribution < 1.29 is 14.6 Å². The van der Waals surface area contributed by atoms with Crippen molar-refractivity contribution in [1.82, 2.24) is 0 Å². The van der Waals surface area contributed by atoms with Crippen LogP contribution in [-0.4, -0.2) is 37.6 Å². The normalized spacial score (nSPS) is 15.2. The molecular weight excluding hydrogens is 168 g/mol. The van der Waals surface area contributed by atoms with Crippen molar-refractivity contribution in [3.63, 3.8) is 0 Å². The lowest BCUT2D eigenvalue weighted by atomic mass is 10.1. The average Bonchev–Trinajstić information content (AvgIpc) is 1.98. The Balaban J connectivity index is 3.57. The van der Waals surface area contributed by atoms with Crippen LogP contribution in [0.1, 0.15) is 20.8 Å². The van der Waals surface area contributed by atoms with Gasteiger partial charge < -0.3 is 14.6 Å². The van der Waals surface area contributed by atoms with Crippen molar-refractivity contribution in [3.05, 3.63) is 11.6 Å². The zero-order chi connectivity index (χ0) is 10.3. The Morgan fingerprint density at radius 1 is 1.38 bits per heavy atom. The van der Waals surface area contributed by atoms with Gasteiger partial charge in [0.15, 0.2) is 0 Å². The lowest BCUT2D eigenvalue weighted by molar-refractivity contribution is -0.0702. The molecule has 0 fully saturated rings. The topological polar surface area (TPSA) is 38.7 Å². The molecule has 0 radical (unpaired) electrons. The summed E-state index contributed by atoms with van der Waals surface area (Å²) in [6.07, 6.45) is 1.98. The van der Waals surface area contributed by atoms with Crippen LogP contribution < -0.4 is 0 Å². The second kappa shape index (κ2) is 6.13. The molecule has 1 N–H and O–H groups in total. The summed E-state index contributed by atoms with van der Waals surface area (Å²) < 4.78 is 10.1. The van der Waals surface area contributed by atoms with Crippen LogP contribution in [0.25, 0.3) is 0 Å². The van der Waals surface area contributed by atoms with E-state index in [1.54, 1.807) is 14.0 Å². The van der Waals surface area contributed by atoms with Gasteiger partial charge in [0.05, 0.1) is 19.8 Å². The SMILES string of the molecule is COCC(C)(O)COCC=C(C)C. The van der Waals surface area contributed by atoms with Crippen molar-refractivity contribution in [2.24, 2.45) is 0 Å². The smallest absolute Gasteiger partial charge is 0.108 e. The Morgan fingerprint density at radius 3 is 2.46 bits per heavy atom. The van der Waals surface area contributed by atoms with Crippen molar-refractivity contribution in [3.8, 4) is 0 Å². The van der Waals surface area contributed by atoms with Gasteiger partial charge in [0.25, 0.3) is 0 Å². The second-order valence-corrected chi connectivity index (χ2v) is 3.73. The van der Waals surface area contributed by atoms with E-state index >= 15 is 0 Å². The first-order valence-electron chi connectivity index (χ1n) is 4.40. The third-order valence-electron chi connectivity index (χ3n) is 1.48. The number of hydrogen-bond donors (Lipinski definition) is 1. The lowest BCUT2D eigenvalue weighted by Gasteiger charge is -2.21. The Kier molecular flexibility index (Phi) is 5.95. The summed E-state index contributed by atoms with van der Waals surface area (Å²) in [4.78, 5) is 0. The predicted molar refractivity (Wildman–Crippen MR) is 52.7 cm³/mol. The molecular formula is C10H20O3. The van der Waals surface area contributed by atoms with Crippen LogP contribution in [-0.2, 0) is 9.47 Å². The van der Waals surface area contributed by atoms with Gasteiger partial charge >= 0.3 is 0 Å². The Bertz CT molecular complexity index is 158. The average molecular weight is 188 g/mol. The highest BCUT2D eigenvalue weighted by molar-refractivity contribution is 4.92. The van der Waals surface area contributed by atoms with Crippen LogP contribution >= 0.6 is 0 Å². The zero-order valence-corrected chi connectivity index (χ0v) is 8.96. The molecule has 0 aromatic heterocycles. The molecule has 0 bridgehead atoms. The molecule has 0 spiro atoms. The summed E-state index contributed by atoms with van der Waals surface area (Å²) in [7, 11) is 1.56. The Morgan fingerprint density at radius 2 is 2.00 bits per heavy atom. The predicted octanol–water partition coefficient (Wildman–Crippen LogP) is 1.37. The zero-order valence-electron chi connectivity index (χ0n) is 8.96. The third-order valence-corrected chi connectivity index (χ3v) is 1.48. The molecule has 0 aliphatic heterocycles. The van der Waals surface area contributed by atoms with Gasteiger partial charge in [-0.05, 0) is 20.8 Å². The van der Waals surface area contributed by atoms with Crippen LogP contribution in [0.15, 0.2) is 11.6 Å². The van der Waals surface area contributed by atoms with Gasteiger partial charge in [-0.1, -0.05) is 11.6 Å². The number of hydrogen-bond acceptors (Lipinski definition) is 3. The summed E-state index contributed by atoms with van der Waals surface area (Å²) in [5.41, 5.74) is 0.330. The summed E-state index contributed by atoms with van der Waals surface area (Å²) in [6.45, 7) is 6.85. The quantitative estimate of drug-likeness (QED) is 0.505. The first-order chi connectivity index (χ1) is 5.98. The molecule has 0 amide bonds. The number of allylic oxidation sites excluding steroid dienone is 1. The van der Waals surface area contributed by atoms with Gasteiger partial charge in [-0.2, -0.15) is 0 Å². The van der Waals surface area contributed by atoms with Gasteiger partial charge in [-0.15, -0.1) is 0 Å². The van der Waals surface area contributed by atoms with Crippen molar-refractivity contribution in [2.45, 2.75) is 26.4 Å². The summed E-state index contributed by atoms with van der Waals surface area (Å²) >= 11 is 0. The standard InChI is InChI=1S/C10H20O3/c1-9(2)5-6-13-8-10(3,11)7-12-4/h5,11H,6-8H2,1-4H3. The fourth-order valence-electron chi connectivity index (χ4n) is 0.857. The van der Waals surface area contributed by atoms with Crippen LogP contribution in [0.4, 0.5) is 0 Å². The van der Waals surface area contributed by atoms with E-state index in [2.05, 4.69) is 0 Å². The highest BCUT2D eigenvalue weighted by Crippen LogP contribution is 2.04. The Labute approximate surface area is 80.4 Å². The van der Waals surface area contributed by atoms with Crippen molar-refractivity contribution >= 4 is 0 Å². The minimum atomic E-state index is -0.885. The van der Waals surface area contributed by atoms with E-state index in [-0.39, 0.29) is 0 Å². The van der Waals surface area contributed by atoms with E-state index in [1.165, 1.54) is 5.57 Å². The molecule has 3 heteroatoms. The van der Waals surface area contributed by atoms with E-state index in [0.717, 1.165) is 0 Å². The van der Waals surface area contributed by atoms with Crippen LogP contribution in [0.2, 0.25) is 0 Å². The molecule has 1 unspecified atom stereocenters. The van der Waals surface area contributed by atoms with E-state index in [0.29, 0.717) is 19.8 Å². The molecule has 0 rings (SSSR count). The highest BCUT2D eigenvalue weighted by atomic mass is 16.5. The molecule has 0 aromatic carbocycles. The summed E-state index contributed by atoms with van der Waals surface area (Å²) in [6, 6.07) is 0. The summed E-state index contributed by atoms with van der Waals surface area (Å²) in [5, 5.41) is 9.61. The van der Waals surface area contributed by atoms with Crippen molar-refractivity contribution in [1.29, 1.82) is 0 Å². The maximum absolute atomic E-state index is 9.61. The molecule has 0 aromatic rings. The first kappa shape index (κ1) is 12.6. The molecule has 0 aliphatic carbocycles. The number of ether oxygens (including phenoxy) is 2. The van der Waals surface area contributed by atoms with Gasteiger partial charge in [0, 0.05) is 7.11 Å². The van der Waals surface area contributed by atoms with E-state index in [9.17, 15) is 5.11 Å². The van der Waals surface area contributed by atoms with E-state index < -0.39 is 5.60 Å². The molecule has 0 aliphatic rings. The van der Waals surface area contributed by atoms with E-state index in [1.807, 2.05) is 19.9 Å². The number of methoxy groups -OCH3 is 1. The molecule has 78 valence electrons. The fourth-order valence-corrected chi connectivity index (χ4v) is 0.857. The largest absolute Gasteiger partial charge is 0.385 e. The maximum atomic E-state index is 9.61. The monoisotopic (exact) mass is 188 g/mol. The van der Waals surface area contributed by atoms with Crippen LogP contribution in [0.5, 0.6) is 0 Å². The van der Waals surface area contributed by atoms with Gasteiger partial charge in [-0.25, -0.2) is 0 Å². The van der Waals surface area contributed by atoms with Crippen LogP contribution in [0.3, 0.4) is 0 Å². The molecule has 0 saturated carbocycles. The second-order valence-electron chi connectivity index (χ2n) is 3.73. The Hall–Kier alpha value is -0.380. The minimum Gasteiger partial charge on any atom is -0.385 e. The number of rotatable bonds is 6. The molecule has 1 atom stereocenters. The summed E-state index contributed by atoms with van der Waals surface area (Å²) in [5.74, 6) is 0. The number of aliphatic hydroxyl groups is 1. The highest BCUT2D eigenvalue weighted by Gasteiger charge is 2.19. The molecule has 0 heterocycles. The fraction of sp³-hybridized carbons (Fsp3) is 0.800. The van der Waals surface area contributed by atoms with Gasteiger partial charge in [-0.3, -0.25) is 0 Å². The first-order valence-corrected chi connectivity index (χ1v) is 4.40. The van der Waals surface area contributed by atoms with Gasteiger partial charge in [0.1, 0.15) is 5.60 Å². The lowest BCUT2D eigenvalue weighted by Crippen LogP contribution is -2.35. The third kappa shape index (κ3) is 7.96. The van der Waals surface area contributed by atoms with E-state index in [4.69, 9.17) is 9.47 Å².